The normalized spacial score (nSPS) is 11.7. The van der Waals surface area contributed by atoms with Crippen molar-refractivity contribution >= 4 is 64.4 Å². The van der Waals surface area contributed by atoms with Crippen LogP contribution in [0.2, 0.25) is 0 Å². The zero-order chi connectivity index (χ0) is 35.6. The minimum Gasteiger partial charge on any atom is -0.456 e. The average Bonchev–Trinajstić information content (AvgIpc) is 3.82. The van der Waals surface area contributed by atoms with Crippen molar-refractivity contribution in [3.8, 4) is 56.3 Å². The molecule has 0 unspecified atom stereocenters. The Morgan fingerprint density at radius 1 is 0.407 bits per heavy atom. The van der Waals surface area contributed by atoms with Crippen molar-refractivity contribution in [3.63, 3.8) is 0 Å². The van der Waals surface area contributed by atoms with E-state index < -0.39 is 0 Å². The molecule has 252 valence electrons. The van der Waals surface area contributed by atoms with Crippen molar-refractivity contribution in [1.29, 1.82) is 0 Å². The molecule has 0 bridgehead atoms. The Labute approximate surface area is 314 Å². The van der Waals surface area contributed by atoms with Gasteiger partial charge in [-0.15, -0.1) is 11.3 Å². The minimum atomic E-state index is 0.665. The third kappa shape index (κ3) is 5.01. The van der Waals surface area contributed by atoms with Gasteiger partial charge in [0.25, 0.3) is 0 Å². The zero-order valence-corrected chi connectivity index (χ0v) is 29.7. The van der Waals surface area contributed by atoms with Crippen LogP contribution in [-0.4, -0.2) is 15.0 Å². The molecule has 54 heavy (non-hydrogen) atoms. The number of aromatic nitrogens is 3. The van der Waals surface area contributed by atoms with Gasteiger partial charge in [-0.1, -0.05) is 146 Å². The number of nitrogens with zero attached hydrogens (tertiary/aromatic N) is 3. The molecule has 0 N–H and O–H groups in total. The van der Waals surface area contributed by atoms with Crippen LogP contribution in [0.1, 0.15) is 0 Å². The molecule has 0 saturated carbocycles. The highest BCUT2D eigenvalue weighted by Crippen LogP contribution is 2.42. The van der Waals surface area contributed by atoms with E-state index in [1.807, 2.05) is 47.7 Å². The summed E-state index contributed by atoms with van der Waals surface area (Å²) >= 11 is 1.81. The van der Waals surface area contributed by atoms with Crippen LogP contribution in [0, 0.1) is 0 Å². The number of pyridine rings is 1. The Morgan fingerprint density at radius 2 is 1.02 bits per heavy atom. The SMILES string of the molecule is c1ccc(-c2cc(-c3ccc(-c4cccc5oc6ccccc6c45)cc3)nc(-c3cccc(-c4nc5c6ccccc6sc5c5ccccc45)c3)n2)cc1. The van der Waals surface area contributed by atoms with Crippen LogP contribution in [0.4, 0.5) is 0 Å². The number of para-hydroxylation sites is 1. The molecule has 0 aliphatic carbocycles. The molecule has 4 heterocycles. The molecule has 11 rings (SSSR count). The lowest BCUT2D eigenvalue weighted by molar-refractivity contribution is 0.669. The van der Waals surface area contributed by atoms with Crippen LogP contribution in [0.15, 0.2) is 180 Å². The third-order valence-corrected chi connectivity index (χ3v) is 11.5. The van der Waals surface area contributed by atoms with Gasteiger partial charge in [-0.2, -0.15) is 0 Å². The summed E-state index contributed by atoms with van der Waals surface area (Å²) in [6.45, 7) is 0. The number of hydrogen-bond donors (Lipinski definition) is 0. The summed E-state index contributed by atoms with van der Waals surface area (Å²) in [7, 11) is 0. The lowest BCUT2D eigenvalue weighted by Crippen LogP contribution is -1.96. The van der Waals surface area contributed by atoms with Crippen LogP contribution in [0.25, 0.3) is 109 Å². The second-order valence-electron chi connectivity index (χ2n) is 13.5. The second-order valence-corrected chi connectivity index (χ2v) is 14.6. The van der Waals surface area contributed by atoms with E-state index in [4.69, 9.17) is 19.4 Å². The predicted octanol–water partition coefficient (Wildman–Crippen LogP) is 13.6. The van der Waals surface area contributed by atoms with Crippen LogP contribution < -0.4 is 0 Å². The van der Waals surface area contributed by atoms with Gasteiger partial charge in [0.1, 0.15) is 11.2 Å². The number of furan rings is 1. The molecule has 0 radical (unpaired) electrons. The first-order valence-electron chi connectivity index (χ1n) is 18.0. The maximum atomic E-state index is 6.19. The van der Waals surface area contributed by atoms with Crippen LogP contribution >= 0.6 is 11.3 Å². The molecule has 0 saturated heterocycles. The van der Waals surface area contributed by atoms with Crippen LogP contribution in [0.5, 0.6) is 0 Å². The highest BCUT2D eigenvalue weighted by molar-refractivity contribution is 7.26. The summed E-state index contributed by atoms with van der Waals surface area (Å²) in [6.07, 6.45) is 0. The molecular formula is C49H29N3OS. The molecule has 0 spiro atoms. The Balaban J connectivity index is 1.04. The second kappa shape index (κ2) is 12.3. The van der Waals surface area contributed by atoms with Gasteiger partial charge in [-0.3, -0.25) is 0 Å². The van der Waals surface area contributed by atoms with E-state index in [1.165, 1.54) is 20.2 Å². The van der Waals surface area contributed by atoms with Crippen LogP contribution in [-0.2, 0) is 0 Å². The van der Waals surface area contributed by atoms with Gasteiger partial charge in [0.05, 0.1) is 27.3 Å². The lowest BCUT2D eigenvalue weighted by atomic mass is 9.97. The standard InChI is InChI=1S/C49H29N3OS/c1-2-12-31(13-3-1)40-29-41(32-26-24-30(25-27-32)35-20-11-22-43-45(35)38-18-6-8-21-42(38)53-43)51-49(50-40)34-15-10-14-33(28-34)46-36-16-4-5-17-37(36)48-47(52-46)39-19-7-9-23-44(39)54-48/h1-29H. The molecule has 0 fully saturated rings. The number of fused-ring (bicyclic) bond motifs is 8. The highest BCUT2D eigenvalue weighted by Gasteiger charge is 2.17. The summed E-state index contributed by atoms with van der Waals surface area (Å²) in [5.41, 5.74) is 11.8. The van der Waals surface area contributed by atoms with Crippen molar-refractivity contribution in [2.24, 2.45) is 0 Å². The number of thiophene rings is 1. The molecule has 0 amide bonds. The maximum absolute atomic E-state index is 6.19. The Kier molecular flexibility index (Phi) is 7.00. The van der Waals surface area contributed by atoms with Gasteiger partial charge >= 0.3 is 0 Å². The van der Waals surface area contributed by atoms with E-state index in [-0.39, 0.29) is 0 Å². The highest BCUT2D eigenvalue weighted by atomic mass is 32.1. The van der Waals surface area contributed by atoms with E-state index in [1.54, 1.807) is 0 Å². The van der Waals surface area contributed by atoms with Crippen molar-refractivity contribution in [3.05, 3.63) is 176 Å². The molecule has 11 aromatic rings. The lowest BCUT2D eigenvalue weighted by Gasteiger charge is -2.12. The predicted molar refractivity (Wildman–Crippen MR) is 225 cm³/mol. The van der Waals surface area contributed by atoms with Crippen molar-refractivity contribution < 1.29 is 4.42 Å². The summed E-state index contributed by atoms with van der Waals surface area (Å²) < 4.78 is 8.65. The summed E-state index contributed by atoms with van der Waals surface area (Å²) in [4.78, 5) is 15.7. The summed E-state index contributed by atoms with van der Waals surface area (Å²) in [5.74, 6) is 0.665. The summed E-state index contributed by atoms with van der Waals surface area (Å²) in [5, 5.41) is 5.78. The van der Waals surface area contributed by atoms with Crippen LogP contribution in [0.3, 0.4) is 0 Å². The van der Waals surface area contributed by atoms with E-state index in [0.717, 1.165) is 83.3 Å². The molecule has 4 aromatic heterocycles. The first-order chi connectivity index (χ1) is 26.7. The molecule has 5 heteroatoms. The Morgan fingerprint density at radius 3 is 1.85 bits per heavy atom. The van der Waals surface area contributed by atoms with E-state index >= 15 is 0 Å². The number of benzene rings is 7. The Hall–Kier alpha value is -6.95. The quantitative estimate of drug-likeness (QED) is 0.179. The fraction of sp³-hybridized carbons (Fsp3) is 0. The maximum Gasteiger partial charge on any atom is 0.160 e. The van der Waals surface area contributed by atoms with Gasteiger partial charge in [0.15, 0.2) is 5.82 Å². The molecule has 0 atom stereocenters. The number of rotatable bonds is 5. The van der Waals surface area contributed by atoms with E-state index in [0.29, 0.717) is 5.82 Å². The van der Waals surface area contributed by atoms with Gasteiger partial charge in [0.2, 0.25) is 0 Å². The topological polar surface area (TPSA) is 51.8 Å². The van der Waals surface area contributed by atoms with Gasteiger partial charge in [-0.25, -0.2) is 15.0 Å². The van der Waals surface area contributed by atoms with Gasteiger partial charge in [-0.05, 0) is 41.5 Å². The third-order valence-electron chi connectivity index (χ3n) is 10.3. The molecule has 0 aliphatic rings. The Bertz CT molecular complexity index is 3220. The van der Waals surface area contributed by atoms with Crippen molar-refractivity contribution in [1.82, 2.24) is 15.0 Å². The molecule has 0 aliphatic heterocycles. The molecular weight excluding hydrogens is 679 g/mol. The van der Waals surface area contributed by atoms with Gasteiger partial charge < -0.3 is 4.42 Å². The average molecular weight is 708 g/mol. The smallest absolute Gasteiger partial charge is 0.160 e. The summed E-state index contributed by atoms with van der Waals surface area (Å²) in [6, 6.07) is 61.2. The number of hydrogen-bond acceptors (Lipinski definition) is 5. The minimum absolute atomic E-state index is 0.665. The first kappa shape index (κ1) is 30.7. The van der Waals surface area contributed by atoms with E-state index in [9.17, 15) is 0 Å². The van der Waals surface area contributed by atoms with Crippen molar-refractivity contribution in [2.45, 2.75) is 0 Å². The molecule has 4 nitrogen and oxygen atoms in total. The fourth-order valence-corrected chi connectivity index (χ4v) is 8.91. The molecule has 7 aromatic carbocycles. The van der Waals surface area contributed by atoms with Gasteiger partial charge in [0, 0.05) is 53.9 Å². The fourth-order valence-electron chi connectivity index (χ4n) is 7.73. The largest absolute Gasteiger partial charge is 0.456 e. The first-order valence-corrected chi connectivity index (χ1v) is 18.8. The van der Waals surface area contributed by atoms with E-state index in [2.05, 4.69) is 140 Å². The monoisotopic (exact) mass is 707 g/mol. The zero-order valence-electron chi connectivity index (χ0n) is 28.9. The van der Waals surface area contributed by atoms with Crippen molar-refractivity contribution in [2.75, 3.05) is 0 Å².